The van der Waals surface area contributed by atoms with Crippen molar-refractivity contribution in [3.63, 3.8) is 0 Å². The van der Waals surface area contributed by atoms with Crippen molar-refractivity contribution in [2.24, 2.45) is 0 Å². The fraction of sp³-hybridized carbons (Fsp3) is 0.471. The normalized spacial score (nSPS) is 15.7. The molecule has 102 valence electrons. The maximum absolute atomic E-state index is 10.7. The van der Waals surface area contributed by atoms with E-state index in [4.69, 9.17) is 5.11 Å². The van der Waals surface area contributed by atoms with Gasteiger partial charge in [-0.25, -0.2) is 0 Å². The number of aryl methyl sites for hydroxylation is 1. The number of hydrogen-bond acceptors (Lipinski definition) is 1. The molecule has 2 rings (SSSR count). The first kappa shape index (κ1) is 13.9. The Morgan fingerprint density at radius 1 is 1.21 bits per heavy atom. The smallest absolute Gasteiger partial charge is 0.303 e. The standard InChI is InChI=1S/C17H22O2/c1-12-6-3-4-8-15(12)16-9-5-7-14(13(16)2)10-11-17(18)19/h5,7,9H,3-4,6,8,10-11H2,1-2H3,(H,18,19). The van der Waals surface area contributed by atoms with E-state index in [-0.39, 0.29) is 6.42 Å². The van der Waals surface area contributed by atoms with Gasteiger partial charge in [0.25, 0.3) is 0 Å². The average molecular weight is 258 g/mol. The molecule has 0 radical (unpaired) electrons. The third kappa shape index (κ3) is 3.25. The first-order valence-corrected chi connectivity index (χ1v) is 7.09. The van der Waals surface area contributed by atoms with Gasteiger partial charge in [-0.15, -0.1) is 0 Å². The highest BCUT2D eigenvalue weighted by Gasteiger charge is 2.14. The zero-order valence-corrected chi connectivity index (χ0v) is 11.8. The zero-order valence-electron chi connectivity index (χ0n) is 11.8. The molecule has 1 aliphatic carbocycles. The molecule has 2 nitrogen and oxygen atoms in total. The fourth-order valence-corrected chi connectivity index (χ4v) is 2.94. The molecule has 0 saturated carbocycles. The summed E-state index contributed by atoms with van der Waals surface area (Å²) in [4.78, 5) is 10.7. The van der Waals surface area contributed by atoms with Crippen molar-refractivity contribution < 1.29 is 9.90 Å². The van der Waals surface area contributed by atoms with Gasteiger partial charge in [-0.1, -0.05) is 23.8 Å². The van der Waals surface area contributed by atoms with Crippen molar-refractivity contribution in [1.29, 1.82) is 0 Å². The topological polar surface area (TPSA) is 37.3 Å². The van der Waals surface area contributed by atoms with Crippen LogP contribution in [0.4, 0.5) is 0 Å². The molecule has 0 unspecified atom stereocenters. The minimum absolute atomic E-state index is 0.211. The van der Waals surface area contributed by atoms with E-state index < -0.39 is 5.97 Å². The number of benzene rings is 1. The highest BCUT2D eigenvalue weighted by Crippen LogP contribution is 2.34. The Morgan fingerprint density at radius 3 is 2.63 bits per heavy atom. The SMILES string of the molecule is CC1=C(c2cccc(CCC(=O)O)c2C)CCCC1. The number of allylic oxidation sites excluding steroid dienone is 2. The van der Waals surface area contributed by atoms with E-state index in [2.05, 4.69) is 32.0 Å². The molecule has 0 atom stereocenters. The molecular weight excluding hydrogens is 236 g/mol. The first-order valence-electron chi connectivity index (χ1n) is 7.09. The van der Waals surface area contributed by atoms with Crippen LogP contribution < -0.4 is 0 Å². The lowest BCUT2D eigenvalue weighted by Gasteiger charge is -2.21. The van der Waals surface area contributed by atoms with E-state index in [0.29, 0.717) is 6.42 Å². The molecule has 1 aromatic carbocycles. The van der Waals surface area contributed by atoms with Crippen LogP contribution in [-0.4, -0.2) is 11.1 Å². The molecule has 0 aromatic heterocycles. The van der Waals surface area contributed by atoms with Gasteiger partial charge < -0.3 is 5.11 Å². The van der Waals surface area contributed by atoms with Gasteiger partial charge >= 0.3 is 5.97 Å². The Labute approximate surface area is 115 Å². The molecule has 0 amide bonds. The number of hydrogen-bond donors (Lipinski definition) is 1. The van der Waals surface area contributed by atoms with E-state index in [9.17, 15) is 4.79 Å². The molecule has 0 heterocycles. The molecule has 19 heavy (non-hydrogen) atoms. The van der Waals surface area contributed by atoms with Crippen molar-refractivity contribution in [1.82, 2.24) is 0 Å². The lowest BCUT2D eigenvalue weighted by molar-refractivity contribution is -0.136. The highest BCUT2D eigenvalue weighted by molar-refractivity contribution is 5.72. The van der Waals surface area contributed by atoms with Crippen LogP contribution in [0, 0.1) is 6.92 Å². The second-order valence-corrected chi connectivity index (χ2v) is 5.45. The second kappa shape index (κ2) is 6.05. The van der Waals surface area contributed by atoms with Crippen LogP contribution in [0.15, 0.2) is 23.8 Å². The molecule has 0 aliphatic heterocycles. The van der Waals surface area contributed by atoms with Crippen molar-refractivity contribution in [3.8, 4) is 0 Å². The third-order valence-electron chi connectivity index (χ3n) is 4.12. The molecular formula is C17H22O2. The minimum Gasteiger partial charge on any atom is -0.481 e. The second-order valence-electron chi connectivity index (χ2n) is 5.45. The predicted molar refractivity (Wildman–Crippen MR) is 78.2 cm³/mol. The van der Waals surface area contributed by atoms with Crippen LogP contribution in [0.1, 0.15) is 55.7 Å². The van der Waals surface area contributed by atoms with Gasteiger partial charge in [0.15, 0.2) is 0 Å². The van der Waals surface area contributed by atoms with Crippen LogP contribution in [0.25, 0.3) is 5.57 Å². The molecule has 0 saturated heterocycles. The predicted octanol–water partition coefficient (Wildman–Crippen LogP) is 4.36. The van der Waals surface area contributed by atoms with Crippen molar-refractivity contribution in [2.75, 3.05) is 0 Å². The van der Waals surface area contributed by atoms with Crippen LogP contribution in [-0.2, 0) is 11.2 Å². The summed E-state index contributed by atoms with van der Waals surface area (Å²) in [5.41, 5.74) is 6.76. The zero-order chi connectivity index (χ0) is 13.8. The summed E-state index contributed by atoms with van der Waals surface area (Å²) in [5, 5.41) is 8.82. The number of aliphatic carboxylic acids is 1. The van der Waals surface area contributed by atoms with Gasteiger partial charge in [-0.2, -0.15) is 0 Å². The van der Waals surface area contributed by atoms with Gasteiger partial charge in [-0.3, -0.25) is 4.79 Å². The van der Waals surface area contributed by atoms with Crippen molar-refractivity contribution in [3.05, 3.63) is 40.5 Å². The molecule has 0 fully saturated rings. The largest absolute Gasteiger partial charge is 0.481 e. The Morgan fingerprint density at radius 2 is 1.95 bits per heavy atom. The summed E-state index contributed by atoms with van der Waals surface area (Å²) < 4.78 is 0. The summed E-state index contributed by atoms with van der Waals surface area (Å²) in [5.74, 6) is -0.724. The van der Waals surface area contributed by atoms with E-state index in [1.54, 1.807) is 0 Å². The summed E-state index contributed by atoms with van der Waals surface area (Å²) >= 11 is 0. The minimum atomic E-state index is -0.724. The van der Waals surface area contributed by atoms with E-state index in [0.717, 1.165) is 6.42 Å². The van der Waals surface area contributed by atoms with E-state index >= 15 is 0 Å². The van der Waals surface area contributed by atoms with Crippen molar-refractivity contribution in [2.45, 2.75) is 52.4 Å². The molecule has 2 heteroatoms. The summed E-state index contributed by atoms with van der Waals surface area (Å²) in [6.07, 6.45) is 5.77. The number of rotatable bonds is 4. The van der Waals surface area contributed by atoms with Gasteiger partial charge in [-0.05, 0) is 68.2 Å². The van der Waals surface area contributed by atoms with Gasteiger partial charge in [0, 0.05) is 6.42 Å². The first-order chi connectivity index (χ1) is 9.09. The maximum atomic E-state index is 10.7. The quantitative estimate of drug-likeness (QED) is 0.871. The van der Waals surface area contributed by atoms with E-state index in [1.807, 2.05) is 0 Å². The fourth-order valence-electron chi connectivity index (χ4n) is 2.94. The third-order valence-corrected chi connectivity index (χ3v) is 4.12. The Balaban J connectivity index is 2.31. The monoisotopic (exact) mass is 258 g/mol. The van der Waals surface area contributed by atoms with Crippen LogP contribution in [0.3, 0.4) is 0 Å². The van der Waals surface area contributed by atoms with Crippen LogP contribution >= 0.6 is 0 Å². The molecule has 1 aliphatic rings. The average Bonchev–Trinajstić information content (AvgIpc) is 2.38. The van der Waals surface area contributed by atoms with Crippen LogP contribution in [0.2, 0.25) is 0 Å². The summed E-state index contributed by atoms with van der Waals surface area (Å²) in [6.45, 7) is 4.36. The van der Waals surface area contributed by atoms with Gasteiger partial charge in [0.05, 0.1) is 0 Å². The Kier molecular flexibility index (Phi) is 4.41. The maximum Gasteiger partial charge on any atom is 0.303 e. The summed E-state index contributed by atoms with van der Waals surface area (Å²) in [7, 11) is 0. The lowest BCUT2D eigenvalue weighted by atomic mass is 9.85. The lowest BCUT2D eigenvalue weighted by Crippen LogP contribution is -2.03. The summed E-state index contributed by atoms with van der Waals surface area (Å²) in [6, 6.07) is 6.30. The number of carbonyl (C=O) groups is 1. The Bertz CT molecular complexity index is 512. The molecule has 0 bridgehead atoms. The van der Waals surface area contributed by atoms with Gasteiger partial charge in [0.1, 0.15) is 0 Å². The molecule has 0 spiro atoms. The number of carboxylic acids is 1. The van der Waals surface area contributed by atoms with Gasteiger partial charge in [0.2, 0.25) is 0 Å². The molecule has 1 N–H and O–H groups in total. The highest BCUT2D eigenvalue weighted by atomic mass is 16.4. The van der Waals surface area contributed by atoms with E-state index in [1.165, 1.54) is 47.1 Å². The van der Waals surface area contributed by atoms with Crippen LogP contribution in [0.5, 0.6) is 0 Å². The van der Waals surface area contributed by atoms with Crippen molar-refractivity contribution >= 4 is 11.5 Å². The Hall–Kier alpha value is -1.57. The molecule has 1 aromatic rings. The number of carboxylic acid groups (broad SMARTS) is 1.